The molecule has 5 nitrogen and oxygen atoms in total. The average Bonchev–Trinajstić information content (AvgIpc) is 2.82. The number of sulfonamides is 1. The number of rotatable bonds is 6. The molecular formula is C15H27N3O2S. The van der Waals surface area contributed by atoms with Gasteiger partial charge in [-0.25, -0.2) is 8.42 Å². The largest absolute Gasteiger partial charge is 0.352 e. The fraction of sp³-hybridized carbons (Fsp3) is 0.733. The fourth-order valence-corrected chi connectivity index (χ4v) is 4.94. The molecule has 1 aliphatic rings. The van der Waals surface area contributed by atoms with Gasteiger partial charge in [0.1, 0.15) is 4.90 Å². The van der Waals surface area contributed by atoms with Crippen LogP contribution in [0.2, 0.25) is 0 Å². The molecule has 1 atom stereocenters. The summed E-state index contributed by atoms with van der Waals surface area (Å²) in [5.41, 5.74) is 0.986. The van der Waals surface area contributed by atoms with Gasteiger partial charge in [0, 0.05) is 38.1 Å². The first-order valence-corrected chi connectivity index (χ1v) is 9.26. The summed E-state index contributed by atoms with van der Waals surface area (Å²) in [5, 5.41) is 3.07. The highest BCUT2D eigenvalue weighted by atomic mass is 32.2. The predicted octanol–water partition coefficient (Wildman–Crippen LogP) is 2.09. The summed E-state index contributed by atoms with van der Waals surface area (Å²) in [7, 11) is 0.390. The minimum atomic E-state index is -3.37. The fourth-order valence-electron chi connectivity index (χ4n) is 3.12. The number of hydrogen-bond acceptors (Lipinski definition) is 3. The summed E-state index contributed by atoms with van der Waals surface area (Å²) in [6, 6.07) is 1.96. The lowest BCUT2D eigenvalue weighted by atomic mass is 10.0. The van der Waals surface area contributed by atoms with Crippen LogP contribution in [0.3, 0.4) is 0 Å². The minimum Gasteiger partial charge on any atom is -0.352 e. The van der Waals surface area contributed by atoms with Crippen LogP contribution in [-0.4, -0.2) is 36.9 Å². The Morgan fingerprint density at radius 1 is 1.38 bits per heavy atom. The van der Waals surface area contributed by atoms with Crippen molar-refractivity contribution < 1.29 is 8.42 Å². The van der Waals surface area contributed by atoms with Crippen LogP contribution < -0.4 is 5.32 Å². The topological polar surface area (TPSA) is 54.3 Å². The lowest BCUT2D eigenvalue weighted by Gasteiger charge is -2.34. The van der Waals surface area contributed by atoms with Gasteiger partial charge in [-0.05, 0) is 32.4 Å². The summed E-state index contributed by atoms with van der Waals surface area (Å²) >= 11 is 0. The first kappa shape index (κ1) is 16.5. The second-order valence-corrected chi connectivity index (χ2v) is 7.75. The molecule has 1 fully saturated rings. The highest BCUT2D eigenvalue weighted by Crippen LogP contribution is 2.28. The Morgan fingerprint density at radius 3 is 2.81 bits per heavy atom. The van der Waals surface area contributed by atoms with Crippen molar-refractivity contribution in [2.45, 2.75) is 56.5 Å². The SMILES string of the molecule is CCCC1CCCCN1S(=O)(=O)c1cc(CNC)n(C)c1. The molecule has 0 saturated carbocycles. The van der Waals surface area contributed by atoms with Crippen molar-refractivity contribution in [2.24, 2.45) is 7.05 Å². The summed E-state index contributed by atoms with van der Waals surface area (Å²) < 4.78 is 29.5. The molecule has 21 heavy (non-hydrogen) atoms. The van der Waals surface area contributed by atoms with Crippen molar-refractivity contribution >= 4 is 10.0 Å². The highest BCUT2D eigenvalue weighted by Gasteiger charge is 2.33. The zero-order chi connectivity index (χ0) is 15.5. The second-order valence-electron chi connectivity index (χ2n) is 5.86. The van der Waals surface area contributed by atoms with Crippen LogP contribution >= 0.6 is 0 Å². The molecule has 120 valence electrons. The standard InChI is InChI=1S/C15H27N3O2S/c1-4-7-13-8-5-6-9-18(13)21(19,20)15-10-14(11-16-2)17(3)12-15/h10,12-13,16H,4-9,11H2,1-3H3. The van der Waals surface area contributed by atoms with Gasteiger partial charge in [0.05, 0.1) is 0 Å². The van der Waals surface area contributed by atoms with E-state index in [-0.39, 0.29) is 6.04 Å². The first-order chi connectivity index (χ1) is 10.0. The Kier molecular flexibility index (Phi) is 5.46. The van der Waals surface area contributed by atoms with E-state index in [0.717, 1.165) is 37.8 Å². The lowest BCUT2D eigenvalue weighted by molar-refractivity contribution is 0.239. The summed E-state index contributed by atoms with van der Waals surface area (Å²) in [6.45, 7) is 3.45. The van der Waals surface area contributed by atoms with Crippen LogP contribution in [0.25, 0.3) is 0 Å². The van der Waals surface area contributed by atoms with Crippen LogP contribution in [0.15, 0.2) is 17.2 Å². The molecule has 1 aromatic heterocycles. The molecule has 2 rings (SSSR count). The van der Waals surface area contributed by atoms with Crippen LogP contribution in [0.5, 0.6) is 0 Å². The van der Waals surface area contributed by atoms with Gasteiger partial charge in [0.15, 0.2) is 0 Å². The summed E-state index contributed by atoms with van der Waals surface area (Å²) in [4.78, 5) is 0.429. The third-order valence-corrected chi connectivity index (χ3v) is 6.16. The van der Waals surface area contributed by atoms with E-state index >= 15 is 0 Å². The molecule has 1 aromatic rings. The molecule has 6 heteroatoms. The van der Waals surface area contributed by atoms with Crippen molar-refractivity contribution in [3.8, 4) is 0 Å². The lowest BCUT2D eigenvalue weighted by Crippen LogP contribution is -2.43. The van der Waals surface area contributed by atoms with Gasteiger partial charge in [0.25, 0.3) is 0 Å². The zero-order valence-corrected chi connectivity index (χ0v) is 14.1. The monoisotopic (exact) mass is 313 g/mol. The zero-order valence-electron chi connectivity index (χ0n) is 13.3. The van der Waals surface area contributed by atoms with E-state index in [1.807, 2.05) is 18.7 Å². The Labute approximate surface area is 128 Å². The minimum absolute atomic E-state index is 0.168. The number of aryl methyl sites for hydroxylation is 1. The van der Waals surface area contributed by atoms with Crippen LogP contribution in [0.4, 0.5) is 0 Å². The van der Waals surface area contributed by atoms with Crippen molar-refractivity contribution in [3.05, 3.63) is 18.0 Å². The predicted molar refractivity (Wildman–Crippen MR) is 84.6 cm³/mol. The van der Waals surface area contributed by atoms with Gasteiger partial charge >= 0.3 is 0 Å². The van der Waals surface area contributed by atoms with E-state index < -0.39 is 10.0 Å². The van der Waals surface area contributed by atoms with Gasteiger partial charge < -0.3 is 9.88 Å². The number of nitrogens with zero attached hydrogens (tertiary/aromatic N) is 2. The van der Waals surface area contributed by atoms with E-state index in [1.165, 1.54) is 0 Å². The van der Waals surface area contributed by atoms with Crippen molar-refractivity contribution in [2.75, 3.05) is 13.6 Å². The Hall–Kier alpha value is -0.850. The molecule has 0 radical (unpaired) electrons. The molecule has 1 aliphatic heterocycles. The molecule has 0 bridgehead atoms. The molecule has 0 spiro atoms. The van der Waals surface area contributed by atoms with E-state index in [2.05, 4.69) is 12.2 Å². The molecule has 2 heterocycles. The van der Waals surface area contributed by atoms with Gasteiger partial charge in [-0.2, -0.15) is 4.31 Å². The van der Waals surface area contributed by atoms with E-state index in [1.54, 1.807) is 16.6 Å². The van der Waals surface area contributed by atoms with Crippen molar-refractivity contribution in [1.29, 1.82) is 0 Å². The molecule has 0 amide bonds. The Bertz CT molecular complexity index is 563. The maximum Gasteiger partial charge on any atom is 0.244 e. The Morgan fingerprint density at radius 2 is 2.14 bits per heavy atom. The summed E-state index contributed by atoms with van der Waals surface area (Å²) in [6.07, 6.45) is 6.81. The van der Waals surface area contributed by atoms with Gasteiger partial charge in [-0.3, -0.25) is 0 Å². The molecule has 1 saturated heterocycles. The Balaban J connectivity index is 2.29. The van der Waals surface area contributed by atoms with Gasteiger partial charge in [-0.15, -0.1) is 0 Å². The van der Waals surface area contributed by atoms with Crippen LogP contribution in [0, 0.1) is 0 Å². The number of nitrogens with one attached hydrogen (secondary N) is 1. The third-order valence-electron chi connectivity index (χ3n) is 4.24. The molecule has 1 N–H and O–H groups in total. The summed E-state index contributed by atoms with van der Waals surface area (Å²) in [5.74, 6) is 0. The molecular weight excluding hydrogens is 286 g/mol. The normalized spacial score (nSPS) is 20.8. The maximum absolute atomic E-state index is 12.9. The van der Waals surface area contributed by atoms with E-state index in [0.29, 0.717) is 18.0 Å². The molecule has 0 aliphatic carbocycles. The van der Waals surface area contributed by atoms with Crippen molar-refractivity contribution in [1.82, 2.24) is 14.2 Å². The quantitative estimate of drug-likeness (QED) is 0.875. The molecule has 0 aromatic carbocycles. The third kappa shape index (κ3) is 3.49. The van der Waals surface area contributed by atoms with Gasteiger partial charge in [-0.1, -0.05) is 19.8 Å². The van der Waals surface area contributed by atoms with E-state index in [4.69, 9.17) is 0 Å². The van der Waals surface area contributed by atoms with Gasteiger partial charge in [0.2, 0.25) is 10.0 Å². The maximum atomic E-state index is 12.9. The number of aromatic nitrogens is 1. The second kappa shape index (κ2) is 6.94. The average molecular weight is 313 g/mol. The van der Waals surface area contributed by atoms with E-state index in [9.17, 15) is 8.42 Å². The van der Waals surface area contributed by atoms with Crippen LogP contribution in [-0.2, 0) is 23.6 Å². The molecule has 1 unspecified atom stereocenters. The van der Waals surface area contributed by atoms with Crippen molar-refractivity contribution in [3.63, 3.8) is 0 Å². The number of piperidine rings is 1. The number of hydrogen-bond donors (Lipinski definition) is 1. The highest BCUT2D eigenvalue weighted by molar-refractivity contribution is 7.89. The first-order valence-electron chi connectivity index (χ1n) is 7.82. The smallest absolute Gasteiger partial charge is 0.244 e. The van der Waals surface area contributed by atoms with Crippen LogP contribution in [0.1, 0.15) is 44.7 Å².